The Morgan fingerprint density at radius 3 is 2.25 bits per heavy atom. The van der Waals surface area contributed by atoms with Crippen LogP contribution in [0.1, 0.15) is 21.5 Å². The fourth-order valence-corrected chi connectivity index (χ4v) is 2.38. The van der Waals surface area contributed by atoms with Crippen molar-refractivity contribution in [3.05, 3.63) is 63.1 Å². The second-order valence-electron chi connectivity index (χ2n) is 4.25. The summed E-state index contributed by atoms with van der Waals surface area (Å²) in [6.07, 6.45) is 0. The van der Waals surface area contributed by atoms with Crippen LogP contribution >= 0.6 is 15.9 Å². The molecule has 0 atom stereocenters. The van der Waals surface area contributed by atoms with Crippen molar-refractivity contribution < 1.29 is 18.3 Å². The first-order valence-electron chi connectivity index (χ1n) is 5.78. The number of hydrogen-bond donors (Lipinski definition) is 0. The Kier molecular flexibility index (Phi) is 4.18. The summed E-state index contributed by atoms with van der Waals surface area (Å²) in [5.74, 6) is -2.53. The summed E-state index contributed by atoms with van der Waals surface area (Å²) < 4.78 is 33.3. The van der Waals surface area contributed by atoms with Crippen molar-refractivity contribution in [3.63, 3.8) is 0 Å². The summed E-state index contributed by atoms with van der Waals surface area (Å²) in [6, 6.07) is 6.88. The number of methoxy groups -OCH3 is 1. The third-order valence-electron chi connectivity index (χ3n) is 2.91. The normalized spacial score (nSPS) is 10.4. The first-order chi connectivity index (χ1) is 9.43. The molecule has 2 nitrogen and oxygen atoms in total. The molecular weight excluding hydrogens is 330 g/mol. The van der Waals surface area contributed by atoms with E-state index in [0.29, 0.717) is 5.56 Å². The maximum Gasteiger partial charge on any atom is 0.199 e. The summed E-state index contributed by atoms with van der Waals surface area (Å²) >= 11 is 3.27. The van der Waals surface area contributed by atoms with Gasteiger partial charge in [-0.1, -0.05) is 15.9 Å². The largest absolute Gasteiger partial charge is 0.497 e. The van der Waals surface area contributed by atoms with Gasteiger partial charge in [-0.3, -0.25) is 4.79 Å². The molecule has 0 aromatic heterocycles. The smallest absolute Gasteiger partial charge is 0.199 e. The fraction of sp³-hybridized carbons (Fsp3) is 0.133. The van der Waals surface area contributed by atoms with Gasteiger partial charge in [-0.15, -0.1) is 0 Å². The molecule has 0 radical (unpaired) electrons. The van der Waals surface area contributed by atoms with E-state index in [9.17, 15) is 13.6 Å². The molecule has 0 unspecified atom stereocenters. The van der Waals surface area contributed by atoms with Gasteiger partial charge in [-0.25, -0.2) is 8.78 Å². The molecule has 20 heavy (non-hydrogen) atoms. The maximum absolute atomic E-state index is 13.9. The highest BCUT2D eigenvalue weighted by Crippen LogP contribution is 2.25. The van der Waals surface area contributed by atoms with E-state index in [4.69, 9.17) is 4.74 Å². The van der Waals surface area contributed by atoms with Gasteiger partial charge in [0.2, 0.25) is 0 Å². The van der Waals surface area contributed by atoms with Crippen molar-refractivity contribution in [3.8, 4) is 5.75 Å². The van der Waals surface area contributed by atoms with Crippen LogP contribution in [0.3, 0.4) is 0 Å². The molecule has 2 aromatic rings. The molecule has 2 rings (SSSR count). The minimum absolute atomic E-state index is 0.0316. The molecule has 0 saturated carbocycles. The lowest BCUT2D eigenvalue weighted by Gasteiger charge is -2.09. The third-order valence-corrected chi connectivity index (χ3v) is 3.40. The molecule has 0 fully saturated rings. The predicted octanol–water partition coefficient (Wildman–Crippen LogP) is 4.28. The highest BCUT2D eigenvalue weighted by atomic mass is 79.9. The zero-order valence-corrected chi connectivity index (χ0v) is 12.4. The lowest BCUT2D eigenvalue weighted by Crippen LogP contribution is -2.09. The Morgan fingerprint density at radius 1 is 1.15 bits per heavy atom. The van der Waals surface area contributed by atoms with Gasteiger partial charge >= 0.3 is 0 Å². The molecule has 5 heteroatoms. The van der Waals surface area contributed by atoms with E-state index in [1.54, 1.807) is 19.1 Å². The lowest BCUT2D eigenvalue weighted by atomic mass is 9.98. The molecule has 0 aliphatic carbocycles. The lowest BCUT2D eigenvalue weighted by molar-refractivity contribution is 0.103. The van der Waals surface area contributed by atoms with Gasteiger partial charge in [0.15, 0.2) is 5.78 Å². The summed E-state index contributed by atoms with van der Waals surface area (Å²) in [5, 5.41) is 0. The monoisotopic (exact) mass is 340 g/mol. The zero-order chi connectivity index (χ0) is 14.9. The van der Waals surface area contributed by atoms with Crippen LogP contribution in [0, 0.1) is 18.6 Å². The maximum atomic E-state index is 13.9. The van der Waals surface area contributed by atoms with Gasteiger partial charge in [-0.05, 0) is 30.7 Å². The molecule has 0 saturated heterocycles. The predicted molar refractivity (Wildman–Crippen MR) is 75.2 cm³/mol. The van der Waals surface area contributed by atoms with Crippen LogP contribution < -0.4 is 4.74 Å². The minimum Gasteiger partial charge on any atom is -0.497 e. The van der Waals surface area contributed by atoms with E-state index in [1.807, 2.05) is 0 Å². The summed E-state index contributed by atoms with van der Waals surface area (Å²) in [6.45, 7) is 1.71. The molecular formula is C15H11BrF2O2. The van der Waals surface area contributed by atoms with E-state index >= 15 is 0 Å². The van der Waals surface area contributed by atoms with Gasteiger partial charge in [-0.2, -0.15) is 0 Å². The quantitative estimate of drug-likeness (QED) is 0.779. The first kappa shape index (κ1) is 14.7. The number of rotatable bonds is 3. The number of ether oxygens (including phenoxy) is 1. The number of halogens is 3. The van der Waals surface area contributed by atoms with E-state index in [2.05, 4.69) is 15.9 Å². The van der Waals surface area contributed by atoms with Gasteiger partial charge in [0.05, 0.1) is 12.7 Å². The van der Waals surface area contributed by atoms with E-state index in [-0.39, 0.29) is 11.3 Å². The standard InChI is InChI=1S/C15H11BrF2O2/c1-8-5-9(16)3-4-11(8)15(19)14-12(17)6-10(20-2)7-13(14)18/h3-7H,1-2H3. The molecule has 0 N–H and O–H groups in total. The van der Waals surface area contributed by atoms with Gasteiger partial charge in [0.1, 0.15) is 17.4 Å². The van der Waals surface area contributed by atoms with Gasteiger partial charge in [0.25, 0.3) is 0 Å². The van der Waals surface area contributed by atoms with E-state index in [0.717, 1.165) is 16.6 Å². The minimum atomic E-state index is -0.936. The van der Waals surface area contributed by atoms with Crippen LogP contribution in [0.5, 0.6) is 5.75 Å². The second kappa shape index (κ2) is 5.71. The van der Waals surface area contributed by atoms with Crippen molar-refractivity contribution in [2.45, 2.75) is 6.92 Å². The third kappa shape index (κ3) is 2.72. The van der Waals surface area contributed by atoms with Crippen molar-refractivity contribution in [2.75, 3.05) is 7.11 Å². The van der Waals surface area contributed by atoms with Crippen LogP contribution in [-0.4, -0.2) is 12.9 Å². The van der Waals surface area contributed by atoms with Crippen molar-refractivity contribution in [1.29, 1.82) is 0 Å². The molecule has 2 aromatic carbocycles. The Labute approximate surface area is 123 Å². The van der Waals surface area contributed by atoms with Crippen LogP contribution in [0.25, 0.3) is 0 Å². The molecule has 0 amide bonds. The number of hydrogen-bond acceptors (Lipinski definition) is 2. The van der Waals surface area contributed by atoms with Crippen molar-refractivity contribution in [2.24, 2.45) is 0 Å². The average molecular weight is 341 g/mol. The Bertz CT molecular complexity index is 661. The Hall–Kier alpha value is -1.75. The van der Waals surface area contributed by atoms with Gasteiger partial charge < -0.3 is 4.74 Å². The number of carbonyl (C=O) groups is 1. The fourth-order valence-electron chi connectivity index (χ4n) is 1.90. The van der Waals surface area contributed by atoms with Crippen molar-refractivity contribution >= 4 is 21.7 Å². The molecule has 0 heterocycles. The Morgan fingerprint density at radius 2 is 1.75 bits per heavy atom. The first-order valence-corrected chi connectivity index (χ1v) is 6.57. The van der Waals surface area contributed by atoms with Gasteiger partial charge in [0, 0.05) is 22.2 Å². The van der Waals surface area contributed by atoms with E-state index in [1.165, 1.54) is 13.2 Å². The zero-order valence-electron chi connectivity index (χ0n) is 10.8. The van der Waals surface area contributed by atoms with Crippen molar-refractivity contribution in [1.82, 2.24) is 0 Å². The van der Waals surface area contributed by atoms with E-state index < -0.39 is 23.0 Å². The number of carbonyl (C=O) groups excluding carboxylic acids is 1. The second-order valence-corrected chi connectivity index (χ2v) is 5.17. The average Bonchev–Trinajstić information content (AvgIpc) is 2.37. The highest BCUT2D eigenvalue weighted by molar-refractivity contribution is 9.10. The topological polar surface area (TPSA) is 26.3 Å². The summed E-state index contributed by atoms with van der Waals surface area (Å²) in [5.41, 5.74) is 0.325. The van der Waals surface area contributed by atoms with Crippen LogP contribution in [0.4, 0.5) is 8.78 Å². The number of benzene rings is 2. The summed E-state index contributed by atoms with van der Waals surface area (Å²) in [4.78, 5) is 12.3. The molecule has 0 bridgehead atoms. The molecule has 0 spiro atoms. The van der Waals surface area contributed by atoms with Crippen LogP contribution in [0.2, 0.25) is 0 Å². The molecule has 0 aliphatic rings. The number of aryl methyl sites for hydroxylation is 1. The number of ketones is 1. The highest BCUT2D eigenvalue weighted by Gasteiger charge is 2.21. The summed E-state index contributed by atoms with van der Waals surface area (Å²) in [7, 11) is 1.30. The van der Waals surface area contributed by atoms with Crippen LogP contribution in [0.15, 0.2) is 34.8 Å². The molecule has 0 aliphatic heterocycles. The van der Waals surface area contributed by atoms with Crippen LogP contribution in [-0.2, 0) is 0 Å². The molecule has 104 valence electrons. The Balaban J connectivity index is 2.54. The SMILES string of the molecule is COc1cc(F)c(C(=O)c2ccc(Br)cc2C)c(F)c1.